The molecule has 14 heavy (non-hydrogen) atoms. The summed E-state index contributed by atoms with van der Waals surface area (Å²) in [5.74, 6) is 2.81. The van der Waals surface area contributed by atoms with Crippen molar-refractivity contribution in [1.82, 2.24) is 9.97 Å². The number of nitrogens with zero attached hydrogens (tertiary/aromatic N) is 2. The van der Waals surface area contributed by atoms with E-state index in [4.69, 9.17) is 5.73 Å². The van der Waals surface area contributed by atoms with Gasteiger partial charge in [0.15, 0.2) is 5.16 Å². The van der Waals surface area contributed by atoms with Gasteiger partial charge >= 0.3 is 0 Å². The van der Waals surface area contributed by atoms with E-state index in [1.165, 1.54) is 12.2 Å². The fourth-order valence-corrected chi connectivity index (χ4v) is 2.46. The van der Waals surface area contributed by atoms with Crippen molar-refractivity contribution in [2.24, 2.45) is 0 Å². The van der Waals surface area contributed by atoms with Crippen LogP contribution in [0.15, 0.2) is 11.2 Å². The average Bonchev–Trinajstić information content (AvgIpc) is 2.11. The fourth-order valence-electron chi connectivity index (χ4n) is 0.996. The van der Waals surface area contributed by atoms with Crippen LogP contribution in [0.1, 0.15) is 12.1 Å². The summed E-state index contributed by atoms with van der Waals surface area (Å²) in [5, 5.41) is 0.795. The Morgan fingerprint density at radius 1 is 1.36 bits per heavy atom. The lowest BCUT2D eigenvalue weighted by atomic mass is 10.4. The molecule has 0 fully saturated rings. The monoisotopic (exact) mass is 229 g/mol. The van der Waals surface area contributed by atoms with Gasteiger partial charge in [-0.05, 0) is 25.4 Å². The van der Waals surface area contributed by atoms with Gasteiger partial charge in [0.1, 0.15) is 5.82 Å². The lowest BCUT2D eigenvalue weighted by Crippen LogP contribution is -1.97. The summed E-state index contributed by atoms with van der Waals surface area (Å²) in [5.41, 5.74) is 6.56. The minimum Gasteiger partial charge on any atom is -0.384 e. The van der Waals surface area contributed by atoms with Gasteiger partial charge in [0.05, 0.1) is 0 Å². The SMILES string of the molecule is CSCCCSc1nc(C)cc(N)n1. The van der Waals surface area contributed by atoms with Gasteiger partial charge in [-0.25, -0.2) is 9.97 Å². The first-order chi connectivity index (χ1) is 6.72. The molecule has 0 atom stereocenters. The molecule has 0 amide bonds. The maximum absolute atomic E-state index is 5.62. The first kappa shape index (κ1) is 11.7. The molecule has 0 bridgehead atoms. The van der Waals surface area contributed by atoms with E-state index in [1.54, 1.807) is 17.8 Å². The van der Waals surface area contributed by atoms with Crippen LogP contribution in [0.2, 0.25) is 0 Å². The normalized spacial score (nSPS) is 10.4. The molecule has 1 aromatic rings. The topological polar surface area (TPSA) is 51.8 Å². The minimum absolute atomic E-state index is 0.560. The minimum atomic E-state index is 0.560. The van der Waals surface area contributed by atoms with Crippen LogP contribution in [0.25, 0.3) is 0 Å². The van der Waals surface area contributed by atoms with Gasteiger partial charge in [-0.3, -0.25) is 0 Å². The van der Waals surface area contributed by atoms with E-state index in [0.717, 1.165) is 16.6 Å². The summed E-state index contributed by atoms with van der Waals surface area (Å²) < 4.78 is 0. The molecule has 0 aliphatic heterocycles. The number of rotatable bonds is 5. The van der Waals surface area contributed by atoms with E-state index in [-0.39, 0.29) is 0 Å². The Hall–Kier alpha value is -0.420. The third-order valence-corrected chi connectivity index (χ3v) is 3.21. The number of aryl methyl sites for hydroxylation is 1. The number of aromatic nitrogens is 2. The Morgan fingerprint density at radius 2 is 2.14 bits per heavy atom. The van der Waals surface area contributed by atoms with Gasteiger partial charge in [0.25, 0.3) is 0 Å². The summed E-state index contributed by atoms with van der Waals surface area (Å²) in [7, 11) is 0. The number of hydrogen-bond acceptors (Lipinski definition) is 5. The van der Waals surface area contributed by atoms with E-state index < -0.39 is 0 Å². The molecule has 78 valence electrons. The molecule has 5 heteroatoms. The molecule has 0 saturated carbocycles. The van der Waals surface area contributed by atoms with Gasteiger partial charge in [-0.15, -0.1) is 0 Å². The molecule has 1 aromatic heterocycles. The van der Waals surface area contributed by atoms with Crippen LogP contribution in [0.3, 0.4) is 0 Å². The van der Waals surface area contributed by atoms with Gasteiger partial charge in [0.2, 0.25) is 0 Å². The van der Waals surface area contributed by atoms with Crippen LogP contribution in [-0.2, 0) is 0 Å². The summed E-state index contributed by atoms with van der Waals surface area (Å²) in [4.78, 5) is 8.45. The smallest absolute Gasteiger partial charge is 0.189 e. The van der Waals surface area contributed by atoms with Crippen LogP contribution in [0, 0.1) is 6.92 Å². The maximum atomic E-state index is 5.62. The zero-order valence-corrected chi connectivity index (χ0v) is 10.1. The van der Waals surface area contributed by atoms with Crippen LogP contribution in [-0.4, -0.2) is 27.7 Å². The van der Waals surface area contributed by atoms with Crippen molar-refractivity contribution in [3.63, 3.8) is 0 Å². The maximum Gasteiger partial charge on any atom is 0.189 e. The quantitative estimate of drug-likeness (QED) is 0.476. The molecule has 3 nitrogen and oxygen atoms in total. The molecule has 0 aliphatic carbocycles. The first-order valence-electron chi connectivity index (χ1n) is 4.45. The van der Waals surface area contributed by atoms with Crippen molar-refractivity contribution in [3.8, 4) is 0 Å². The summed E-state index contributed by atoms with van der Waals surface area (Å²) in [6, 6.07) is 1.78. The molecular weight excluding hydrogens is 214 g/mol. The van der Waals surface area contributed by atoms with Gasteiger partial charge in [0, 0.05) is 17.5 Å². The molecule has 0 unspecified atom stereocenters. The summed E-state index contributed by atoms with van der Waals surface area (Å²) >= 11 is 3.54. The lowest BCUT2D eigenvalue weighted by molar-refractivity contribution is 0.937. The van der Waals surface area contributed by atoms with Gasteiger partial charge in [-0.1, -0.05) is 11.8 Å². The van der Waals surface area contributed by atoms with Crippen molar-refractivity contribution in [1.29, 1.82) is 0 Å². The number of hydrogen-bond donors (Lipinski definition) is 1. The van der Waals surface area contributed by atoms with E-state index in [0.29, 0.717) is 5.82 Å². The standard InChI is InChI=1S/C9H15N3S2/c1-7-6-8(10)12-9(11-7)14-5-3-4-13-2/h6H,3-5H2,1-2H3,(H2,10,11,12). The van der Waals surface area contributed by atoms with Gasteiger partial charge in [-0.2, -0.15) is 11.8 Å². The number of nitrogen functional groups attached to an aromatic ring is 1. The van der Waals surface area contributed by atoms with E-state index in [9.17, 15) is 0 Å². The number of thioether (sulfide) groups is 2. The Balaban J connectivity index is 2.42. The van der Waals surface area contributed by atoms with Crippen molar-refractivity contribution in [2.75, 3.05) is 23.5 Å². The molecule has 1 rings (SSSR count). The lowest BCUT2D eigenvalue weighted by Gasteiger charge is -2.01. The Labute approximate surface area is 93.3 Å². The van der Waals surface area contributed by atoms with Crippen LogP contribution in [0.5, 0.6) is 0 Å². The average molecular weight is 229 g/mol. The molecule has 0 aliphatic rings. The molecule has 0 saturated heterocycles. The Morgan fingerprint density at radius 3 is 2.79 bits per heavy atom. The molecule has 1 heterocycles. The van der Waals surface area contributed by atoms with E-state index in [1.807, 2.05) is 18.7 Å². The first-order valence-corrected chi connectivity index (χ1v) is 6.83. The van der Waals surface area contributed by atoms with Crippen molar-refractivity contribution >= 4 is 29.3 Å². The number of anilines is 1. The summed E-state index contributed by atoms with van der Waals surface area (Å²) in [6.45, 7) is 1.93. The van der Waals surface area contributed by atoms with Crippen LogP contribution in [0.4, 0.5) is 5.82 Å². The van der Waals surface area contributed by atoms with E-state index in [2.05, 4.69) is 16.2 Å². The van der Waals surface area contributed by atoms with E-state index >= 15 is 0 Å². The van der Waals surface area contributed by atoms with Crippen LogP contribution >= 0.6 is 23.5 Å². The molecule has 0 spiro atoms. The third-order valence-electron chi connectivity index (χ3n) is 1.58. The fraction of sp³-hybridized carbons (Fsp3) is 0.556. The molecular formula is C9H15N3S2. The highest BCUT2D eigenvalue weighted by Crippen LogP contribution is 2.16. The highest BCUT2D eigenvalue weighted by atomic mass is 32.2. The predicted octanol–water partition coefficient (Wildman–Crippen LogP) is 2.21. The zero-order valence-electron chi connectivity index (χ0n) is 8.49. The Kier molecular flexibility index (Phi) is 5.11. The third kappa shape index (κ3) is 4.19. The zero-order chi connectivity index (χ0) is 10.4. The largest absolute Gasteiger partial charge is 0.384 e. The van der Waals surface area contributed by atoms with Gasteiger partial charge < -0.3 is 5.73 Å². The van der Waals surface area contributed by atoms with Crippen molar-refractivity contribution < 1.29 is 0 Å². The number of nitrogens with two attached hydrogens (primary N) is 1. The second kappa shape index (κ2) is 6.14. The molecule has 0 radical (unpaired) electrons. The Bertz CT molecular complexity index is 271. The second-order valence-corrected chi connectivity index (χ2v) is 4.96. The second-order valence-electron chi connectivity index (χ2n) is 2.91. The summed E-state index contributed by atoms with van der Waals surface area (Å²) in [6.07, 6.45) is 3.30. The highest BCUT2D eigenvalue weighted by molar-refractivity contribution is 7.99. The van der Waals surface area contributed by atoms with Crippen molar-refractivity contribution in [3.05, 3.63) is 11.8 Å². The predicted molar refractivity (Wildman–Crippen MR) is 64.9 cm³/mol. The molecule has 2 N–H and O–H groups in total. The van der Waals surface area contributed by atoms with Crippen LogP contribution < -0.4 is 5.73 Å². The molecule has 0 aromatic carbocycles. The highest BCUT2D eigenvalue weighted by Gasteiger charge is 2.00. The van der Waals surface area contributed by atoms with Crippen molar-refractivity contribution in [2.45, 2.75) is 18.5 Å².